The third kappa shape index (κ3) is 3.51. The molecule has 1 heterocycles. The van der Waals surface area contributed by atoms with Gasteiger partial charge in [0.25, 0.3) is 0 Å². The summed E-state index contributed by atoms with van der Waals surface area (Å²) in [5, 5.41) is 8.52. The fourth-order valence-electron chi connectivity index (χ4n) is 1.84. The molecule has 0 aliphatic carbocycles. The average Bonchev–Trinajstić information content (AvgIpc) is 2.17. The molecule has 0 radical (unpaired) electrons. The van der Waals surface area contributed by atoms with Crippen LogP contribution in [0.5, 0.6) is 0 Å². The zero-order valence-corrected chi connectivity index (χ0v) is 9.27. The van der Waals surface area contributed by atoms with E-state index in [1.807, 2.05) is 0 Å². The molecule has 0 bridgehead atoms. The average molecular weight is 214 g/mol. The Hall–Kier alpha value is -1.10. The van der Waals surface area contributed by atoms with Gasteiger partial charge in [0.1, 0.15) is 6.42 Å². The molecular formula is C10H18N2O3. The molecule has 0 saturated carbocycles. The van der Waals surface area contributed by atoms with E-state index >= 15 is 0 Å². The van der Waals surface area contributed by atoms with Crippen molar-refractivity contribution in [3.05, 3.63) is 0 Å². The zero-order valence-electron chi connectivity index (χ0n) is 9.27. The smallest absolute Gasteiger partial charge is 0.312 e. The van der Waals surface area contributed by atoms with Crippen molar-refractivity contribution in [1.29, 1.82) is 0 Å². The molecule has 5 nitrogen and oxygen atoms in total. The summed E-state index contributed by atoms with van der Waals surface area (Å²) in [6.45, 7) is 1.94. The van der Waals surface area contributed by atoms with Crippen LogP contribution in [0.4, 0.5) is 0 Å². The molecular weight excluding hydrogens is 196 g/mol. The van der Waals surface area contributed by atoms with Crippen LogP contribution in [0.25, 0.3) is 0 Å². The van der Waals surface area contributed by atoms with Crippen molar-refractivity contribution in [2.45, 2.75) is 25.3 Å². The van der Waals surface area contributed by atoms with E-state index in [2.05, 4.69) is 11.9 Å². The first-order chi connectivity index (χ1) is 7.00. The summed E-state index contributed by atoms with van der Waals surface area (Å²) < 4.78 is 0. The summed E-state index contributed by atoms with van der Waals surface area (Å²) in [5.74, 6) is -1.35. The quantitative estimate of drug-likeness (QED) is 0.672. The van der Waals surface area contributed by atoms with Crippen LogP contribution in [-0.2, 0) is 9.59 Å². The van der Waals surface area contributed by atoms with E-state index < -0.39 is 12.4 Å². The van der Waals surface area contributed by atoms with Crippen molar-refractivity contribution in [2.75, 3.05) is 27.2 Å². The Morgan fingerprint density at radius 1 is 1.40 bits per heavy atom. The largest absolute Gasteiger partial charge is 0.481 e. The summed E-state index contributed by atoms with van der Waals surface area (Å²) in [5.41, 5.74) is 0. The molecule has 0 aromatic rings. The van der Waals surface area contributed by atoms with Crippen molar-refractivity contribution in [3.8, 4) is 0 Å². The molecule has 0 aromatic carbocycles. The van der Waals surface area contributed by atoms with Crippen molar-refractivity contribution in [3.63, 3.8) is 0 Å². The monoisotopic (exact) mass is 214 g/mol. The molecule has 1 saturated heterocycles. The first-order valence-electron chi connectivity index (χ1n) is 5.16. The highest BCUT2D eigenvalue weighted by Crippen LogP contribution is 2.14. The Morgan fingerprint density at radius 3 is 2.40 bits per heavy atom. The van der Waals surface area contributed by atoms with Gasteiger partial charge in [-0.3, -0.25) is 9.59 Å². The zero-order chi connectivity index (χ0) is 11.4. The number of carbonyl (C=O) groups is 2. The lowest BCUT2D eigenvalue weighted by Crippen LogP contribution is -2.44. The molecule has 1 N–H and O–H groups in total. The van der Waals surface area contributed by atoms with Gasteiger partial charge in [0.2, 0.25) is 5.91 Å². The van der Waals surface area contributed by atoms with Gasteiger partial charge in [0, 0.05) is 13.1 Å². The third-order valence-corrected chi connectivity index (χ3v) is 2.93. The molecule has 0 atom stereocenters. The second-order valence-corrected chi connectivity index (χ2v) is 4.11. The Bertz CT molecular complexity index is 247. The summed E-state index contributed by atoms with van der Waals surface area (Å²) in [4.78, 5) is 25.7. The van der Waals surface area contributed by atoms with Gasteiger partial charge < -0.3 is 14.9 Å². The molecule has 1 aliphatic heterocycles. The molecule has 1 aliphatic rings. The summed E-state index contributed by atoms with van der Waals surface area (Å²) >= 11 is 0. The van der Waals surface area contributed by atoms with E-state index in [0.29, 0.717) is 0 Å². The predicted octanol–water partition coefficient (Wildman–Crippen LogP) is 0.0137. The number of nitrogens with zero attached hydrogens (tertiary/aromatic N) is 2. The minimum Gasteiger partial charge on any atom is -0.481 e. The molecule has 1 fully saturated rings. The number of aliphatic carboxylic acids is 1. The van der Waals surface area contributed by atoms with Gasteiger partial charge in [0.15, 0.2) is 0 Å². The molecule has 0 aromatic heterocycles. The van der Waals surface area contributed by atoms with Crippen LogP contribution in [0.2, 0.25) is 0 Å². The number of amides is 1. The van der Waals surface area contributed by atoms with Crippen LogP contribution in [0.15, 0.2) is 0 Å². The number of hydrogen-bond donors (Lipinski definition) is 1. The number of hydrogen-bond acceptors (Lipinski definition) is 3. The summed E-state index contributed by atoms with van der Waals surface area (Å²) in [6, 6.07) is 0.202. The Kier molecular flexibility index (Phi) is 4.08. The lowest BCUT2D eigenvalue weighted by molar-refractivity contribution is -0.144. The molecule has 86 valence electrons. The van der Waals surface area contributed by atoms with Crippen LogP contribution in [0.3, 0.4) is 0 Å². The maximum Gasteiger partial charge on any atom is 0.312 e. The molecule has 1 amide bonds. The SMILES string of the molecule is CN1CCC(N(C)C(=O)CC(=O)O)CC1. The minimum atomic E-state index is -1.06. The highest BCUT2D eigenvalue weighted by molar-refractivity contribution is 5.93. The molecule has 0 spiro atoms. The van der Waals surface area contributed by atoms with Crippen LogP contribution in [0.1, 0.15) is 19.3 Å². The van der Waals surface area contributed by atoms with Crippen molar-refractivity contribution >= 4 is 11.9 Å². The van der Waals surface area contributed by atoms with E-state index in [-0.39, 0.29) is 11.9 Å². The molecule has 15 heavy (non-hydrogen) atoms. The first-order valence-corrected chi connectivity index (χ1v) is 5.16. The fraction of sp³-hybridized carbons (Fsp3) is 0.800. The van der Waals surface area contributed by atoms with E-state index in [1.165, 1.54) is 0 Å². The first kappa shape index (κ1) is 12.0. The maximum absolute atomic E-state index is 11.5. The van der Waals surface area contributed by atoms with Crippen LogP contribution >= 0.6 is 0 Å². The van der Waals surface area contributed by atoms with Gasteiger partial charge in [-0.25, -0.2) is 0 Å². The topological polar surface area (TPSA) is 60.9 Å². The second-order valence-electron chi connectivity index (χ2n) is 4.11. The number of likely N-dealkylation sites (tertiary alicyclic amines) is 1. The lowest BCUT2D eigenvalue weighted by Gasteiger charge is -2.34. The van der Waals surface area contributed by atoms with Crippen LogP contribution in [0, 0.1) is 0 Å². The fourth-order valence-corrected chi connectivity index (χ4v) is 1.84. The van der Waals surface area contributed by atoms with Gasteiger partial charge in [-0.05, 0) is 33.0 Å². The van der Waals surface area contributed by atoms with Gasteiger partial charge in [-0.2, -0.15) is 0 Å². The molecule has 1 rings (SSSR count). The normalized spacial score (nSPS) is 18.8. The van der Waals surface area contributed by atoms with Gasteiger partial charge in [0.05, 0.1) is 0 Å². The minimum absolute atomic E-state index is 0.202. The van der Waals surface area contributed by atoms with Gasteiger partial charge >= 0.3 is 5.97 Å². The predicted molar refractivity (Wildman–Crippen MR) is 55.5 cm³/mol. The van der Waals surface area contributed by atoms with E-state index in [0.717, 1.165) is 25.9 Å². The maximum atomic E-state index is 11.5. The van der Waals surface area contributed by atoms with Crippen molar-refractivity contribution in [2.24, 2.45) is 0 Å². The van der Waals surface area contributed by atoms with E-state index in [4.69, 9.17) is 5.11 Å². The number of carboxylic acid groups (broad SMARTS) is 1. The van der Waals surface area contributed by atoms with Gasteiger partial charge in [-0.1, -0.05) is 0 Å². The Morgan fingerprint density at radius 2 is 1.93 bits per heavy atom. The van der Waals surface area contributed by atoms with Crippen molar-refractivity contribution < 1.29 is 14.7 Å². The van der Waals surface area contributed by atoms with Crippen LogP contribution in [-0.4, -0.2) is 60.0 Å². The summed E-state index contributed by atoms with van der Waals surface area (Å²) in [6.07, 6.45) is 1.46. The molecule has 5 heteroatoms. The number of carboxylic acids is 1. The summed E-state index contributed by atoms with van der Waals surface area (Å²) in [7, 11) is 3.75. The Balaban J connectivity index is 2.42. The number of rotatable bonds is 3. The highest BCUT2D eigenvalue weighted by atomic mass is 16.4. The second kappa shape index (κ2) is 5.11. The van der Waals surface area contributed by atoms with Crippen LogP contribution < -0.4 is 0 Å². The van der Waals surface area contributed by atoms with Crippen molar-refractivity contribution in [1.82, 2.24) is 9.80 Å². The van der Waals surface area contributed by atoms with E-state index in [9.17, 15) is 9.59 Å². The third-order valence-electron chi connectivity index (χ3n) is 2.93. The highest BCUT2D eigenvalue weighted by Gasteiger charge is 2.24. The molecule has 0 unspecified atom stereocenters. The number of piperidine rings is 1. The standard InChI is InChI=1S/C10H18N2O3/c1-11-5-3-8(4-6-11)12(2)9(13)7-10(14)15/h8H,3-7H2,1-2H3,(H,14,15). The lowest BCUT2D eigenvalue weighted by atomic mass is 10.0. The Labute approximate surface area is 89.7 Å². The van der Waals surface area contributed by atoms with Gasteiger partial charge in [-0.15, -0.1) is 0 Å². The van der Waals surface area contributed by atoms with E-state index in [1.54, 1.807) is 11.9 Å². The number of carbonyl (C=O) groups excluding carboxylic acids is 1.